The summed E-state index contributed by atoms with van der Waals surface area (Å²) in [5.74, 6) is 0.839. The first-order valence-electron chi connectivity index (χ1n) is 14.3. The Balaban J connectivity index is 1.26. The minimum atomic E-state index is -0.503. The Labute approximate surface area is 248 Å². The van der Waals surface area contributed by atoms with E-state index in [9.17, 15) is 4.79 Å². The fraction of sp³-hybridized carbons (Fsp3) is 0.312. The standard InChI is InChI=1S/C32H33FN8O2/c1-5-29(42)41(4)21-9-7-6-8-20(13-21)24-10-11-25-30(38-24)31(36-17-35-25)39-26-12-19(2)28(15-23(26)33)43-22-14-27-32(34-16-22)40(3)18-37-27/h5,10-12,14-18,20-21H,1,6-9,13H2,2-4H3,(H,35,36,39)/t20-,21-/m1/s1. The van der Waals surface area contributed by atoms with Crippen molar-refractivity contribution in [2.24, 2.45) is 7.05 Å². The second-order valence-corrected chi connectivity index (χ2v) is 11.0. The molecule has 0 bridgehead atoms. The summed E-state index contributed by atoms with van der Waals surface area (Å²) in [6, 6.07) is 8.82. The number of benzene rings is 1. The van der Waals surface area contributed by atoms with E-state index in [1.54, 1.807) is 29.6 Å². The van der Waals surface area contributed by atoms with Crippen molar-refractivity contribution < 1.29 is 13.9 Å². The van der Waals surface area contributed by atoms with Crippen molar-refractivity contribution in [1.82, 2.24) is 34.4 Å². The lowest BCUT2D eigenvalue weighted by atomic mass is 9.93. The number of carbonyl (C=O) groups excluding carboxylic acids is 1. The topological polar surface area (TPSA) is 111 Å². The van der Waals surface area contributed by atoms with Crippen LogP contribution in [0.25, 0.3) is 22.2 Å². The first-order valence-corrected chi connectivity index (χ1v) is 14.3. The van der Waals surface area contributed by atoms with E-state index in [0.29, 0.717) is 33.9 Å². The average molecular weight is 581 g/mol. The van der Waals surface area contributed by atoms with E-state index in [-0.39, 0.29) is 23.6 Å². The number of nitrogens with one attached hydrogen (secondary N) is 1. The van der Waals surface area contributed by atoms with Gasteiger partial charge in [0.25, 0.3) is 0 Å². The molecule has 220 valence electrons. The second-order valence-electron chi connectivity index (χ2n) is 11.0. The number of likely N-dealkylation sites (N-methyl/N-ethyl adjacent to an activating group) is 1. The van der Waals surface area contributed by atoms with E-state index in [4.69, 9.17) is 9.72 Å². The van der Waals surface area contributed by atoms with Gasteiger partial charge in [0.2, 0.25) is 5.91 Å². The summed E-state index contributed by atoms with van der Waals surface area (Å²) in [4.78, 5) is 36.5. The van der Waals surface area contributed by atoms with Crippen molar-refractivity contribution in [1.29, 1.82) is 0 Å². The molecule has 1 aliphatic carbocycles. The Bertz CT molecular complexity index is 1840. The van der Waals surface area contributed by atoms with E-state index >= 15 is 4.39 Å². The molecule has 0 spiro atoms. The van der Waals surface area contributed by atoms with E-state index in [1.165, 1.54) is 18.5 Å². The summed E-state index contributed by atoms with van der Waals surface area (Å²) in [6.45, 7) is 5.48. The number of halogens is 1. The largest absolute Gasteiger partial charge is 0.455 e. The first kappa shape index (κ1) is 28.2. The molecular formula is C32H33FN8O2. The van der Waals surface area contributed by atoms with Gasteiger partial charge in [-0.1, -0.05) is 19.4 Å². The van der Waals surface area contributed by atoms with Crippen LogP contribution in [0.1, 0.15) is 49.3 Å². The number of carbonyl (C=O) groups is 1. The van der Waals surface area contributed by atoms with Crippen molar-refractivity contribution in [2.75, 3.05) is 12.4 Å². The smallest absolute Gasteiger partial charge is 0.245 e. The SMILES string of the molecule is C=CC(=O)N(C)[C@@H]1CCCC[C@@H](c2ccc3ncnc(Nc4cc(C)c(Oc5cnc6c(c5)ncn6C)cc4F)c3n2)C1. The van der Waals surface area contributed by atoms with E-state index in [2.05, 4.69) is 31.8 Å². The molecule has 11 heteroatoms. The zero-order valence-corrected chi connectivity index (χ0v) is 24.4. The number of rotatable bonds is 7. The van der Waals surface area contributed by atoms with Gasteiger partial charge in [0.15, 0.2) is 11.5 Å². The van der Waals surface area contributed by atoms with Gasteiger partial charge >= 0.3 is 0 Å². The summed E-state index contributed by atoms with van der Waals surface area (Å²) < 4.78 is 23.2. The summed E-state index contributed by atoms with van der Waals surface area (Å²) in [5, 5.41) is 3.13. The first-order chi connectivity index (χ1) is 20.8. The molecule has 5 aromatic rings. The van der Waals surface area contributed by atoms with Gasteiger partial charge in [-0.05, 0) is 56.0 Å². The third-order valence-electron chi connectivity index (χ3n) is 8.16. The van der Waals surface area contributed by atoms with Gasteiger partial charge in [-0.2, -0.15) is 0 Å². The molecule has 1 N–H and O–H groups in total. The maximum atomic E-state index is 15.4. The Kier molecular flexibility index (Phi) is 7.71. The highest BCUT2D eigenvalue weighted by Gasteiger charge is 2.27. The number of ether oxygens (including phenoxy) is 1. The number of anilines is 2. The number of fused-ring (bicyclic) bond motifs is 2. The highest BCUT2D eigenvalue weighted by molar-refractivity contribution is 5.88. The Hall–Kier alpha value is -4.93. The molecule has 1 aromatic carbocycles. The number of nitrogens with zero attached hydrogens (tertiary/aromatic N) is 7. The van der Waals surface area contributed by atoms with Crippen LogP contribution in [0.5, 0.6) is 11.5 Å². The van der Waals surface area contributed by atoms with Gasteiger partial charge < -0.3 is 19.5 Å². The van der Waals surface area contributed by atoms with Crippen LogP contribution in [-0.4, -0.2) is 53.4 Å². The molecule has 4 heterocycles. The van der Waals surface area contributed by atoms with Crippen LogP contribution in [0, 0.1) is 12.7 Å². The van der Waals surface area contributed by atoms with E-state index < -0.39 is 5.82 Å². The van der Waals surface area contributed by atoms with Crippen LogP contribution >= 0.6 is 0 Å². The Morgan fingerprint density at radius 1 is 1.14 bits per heavy atom. The minimum Gasteiger partial charge on any atom is -0.455 e. The maximum absolute atomic E-state index is 15.4. The van der Waals surface area contributed by atoms with Crippen molar-refractivity contribution in [3.05, 3.63) is 78.9 Å². The molecule has 0 radical (unpaired) electrons. The van der Waals surface area contributed by atoms with Gasteiger partial charge in [0.05, 0.1) is 23.7 Å². The van der Waals surface area contributed by atoms with Gasteiger partial charge in [0.1, 0.15) is 34.7 Å². The predicted octanol–water partition coefficient (Wildman–Crippen LogP) is 6.35. The van der Waals surface area contributed by atoms with Crippen LogP contribution in [0.4, 0.5) is 15.9 Å². The molecule has 1 saturated carbocycles. The molecule has 6 rings (SSSR count). The molecule has 1 amide bonds. The highest BCUT2D eigenvalue weighted by Crippen LogP contribution is 2.35. The van der Waals surface area contributed by atoms with Crippen LogP contribution in [-0.2, 0) is 11.8 Å². The van der Waals surface area contributed by atoms with Gasteiger partial charge in [-0.15, -0.1) is 0 Å². The Morgan fingerprint density at radius 2 is 1.98 bits per heavy atom. The third kappa shape index (κ3) is 5.75. The molecule has 10 nitrogen and oxygen atoms in total. The summed E-state index contributed by atoms with van der Waals surface area (Å²) in [5.41, 5.74) is 4.52. The number of imidazole rings is 1. The second kappa shape index (κ2) is 11.7. The monoisotopic (exact) mass is 580 g/mol. The van der Waals surface area contributed by atoms with Crippen molar-refractivity contribution in [3.63, 3.8) is 0 Å². The van der Waals surface area contributed by atoms with Crippen LogP contribution < -0.4 is 10.1 Å². The van der Waals surface area contributed by atoms with Crippen molar-refractivity contribution >= 4 is 39.6 Å². The normalized spacial score (nSPS) is 17.0. The maximum Gasteiger partial charge on any atom is 0.245 e. The molecule has 4 aromatic heterocycles. The zero-order valence-electron chi connectivity index (χ0n) is 24.4. The van der Waals surface area contributed by atoms with Gasteiger partial charge in [-0.25, -0.2) is 29.3 Å². The fourth-order valence-electron chi connectivity index (χ4n) is 5.73. The average Bonchev–Trinajstić information content (AvgIpc) is 3.21. The molecule has 2 atom stereocenters. The number of amides is 1. The molecule has 0 saturated heterocycles. The number of hydrogen-bond acceptors (Lipinski definition) is 8. The van der Waals surface area contributed by atoms with Crippen LogP contribution in [0.2, 0.25) is 0 Å². The molecular weight excluding hydrogens is 547 g/mol. The fourth-order valence-corrected chi connectivity index (χ4v) is 5.73. The van der Waals surface area contributed by atoms with Crippen LogP contribution in [0.3, 0.4) is 0 Å². The zero-order chi connectivity index (χ0) is 30.1. The summed E-state index contributed by atoms with van der Waals surface area (Å²) >= 11 is 0. The minimum absolute atomic E-state index is 0.0725. The number of pyridine rings is 2. The van der Waals surface area contributed by atoms with Crippen molar-refractivity contribution in [2.45, 2.75) is 51.0 Å². The quantitative estimate of drug-likeness (QED) is 0.175. The predicted molar refractivity (Wildman–Crippen MR) is 163 cm³/mol. The van der Waals surface area contributed by atoms with Crippen LogP contribution in [0.15, 0.2) is 61.8 Å². The van der Waals surface area contributed by atoms with Gasteiger partial charge in [0, 0.05) is 43.9 Å². The number of aromatic nitrogens is 6. The lowest BCUT2D eigenvalue weighted by molar-refractivity contribution is -0.127. The summed E-state index contributed by atoms with van der Waals surface area (Å²) in [6.07, 6.45) is 10.9. The number of hydrogen-bond donors (Lipinski definition) is 1. The summed E-state index contributed by atoms with van der Waals surface area (Å²) in [7, 11) is 3.70. The van der Waals surface area contributed by atoms with Crippen molar-refractivity contribution in [3.8, 4) is 11.5 Å². The molecule has 0 unspecified atom stereocenters. The van der Waals surface area contributed by atoms with E-state index in [0.717, 1.165) is 49.0 Å². The molecule has 1 aliphatic rings. The Morgan fingerprint density at radius 3 is 2.81 bits per heavy atom. The molecule has 1 fully saturated rings. The lowest BCUT2D eigenvalue weighted by Crippen LogP contribution is -2.36. The van der Waals surface area contributed by atoms with Gasteiger partial charge in [-0.3, -0.25) is 4.79 Å². The third-order valence-corrected chi connectivity index (χ3v) is 8.16. The molecule has 43 heavy (non-hydrogen) atoms. The number of aryl methyl sites for hydroxylation is 2. The van der Waals surface area contributed by atoms with E-state index in [1.807, 2.05) is 37.7 Å². The highest BCUT2D eigenvalue weighted by atomic mass is 19.1. The lowest BCUT2D eigenvalue weighted by Gasteiger charge is -2.28. The molecule has 0 aliphatic heterocycles.